The van der Waals surface area contributed by atoms with E-state index in [0.29, 0.717) is 23.7 Å². The van der Waals surface area contributed by atoms with Crippen molar-refractivity contribution in [3.05, 3.63) is 78.4 Å². The van der Waals surface area contributed by atoms with E-state index in [9.17, 15) is 14.7 Å². The molecule has 3 N–H and O–H groups in total. The number of halogens is 1. The molecule has 3 aromatic rings. The quantitative estimate of drug-likeness (QED) is 0.536. The zero-order valence-electron chi connectivity index (χ0n) is 16.4. The third-order valence-corrected chi connectivity index (χ3v) is 5.72. The van der Waals surface area contributed by atoms with Crippen LogP contribution in [0.5, 0.6) is 17.4 Å². The molecule has 0 fully saturated rings. The highest BCUT2D eigenvalue weighted by atomic mass is 79.9. The number of methoxy groups -OCH3 is 2. The minimum Gasteiger partial charge on any atom is -0.494 e. The summed E-state index contributed by atoms with van der Waals surface area (Å²) < 4.78 is 12.7. The average molecular weight is 474 g/mol. The predicted octanol–water partition coefficient (Wildman–Crippen LogP) is 2.25. The molecule has 0 bridgehead atoms. The molecule has 1 aliphatic rings. The van der Waals surface area contributed by atoms with Crippen molar-refractivity contribution in [3.8, 4) is 23.1 Å². The predicted molar refractivity (Wildman–Crippen MR) is 115 cm³/mol. The van der Waals surface area contributed by atoms with Gasteiger partial charge >= 0.3 is 5.69 Å². The van der Waals surface area contributed by atoms with Gasteiger partial charge in [0.05, 0.1) is 31.5 Å². The summed E-state index contributed by atoms with van der Waals surface area (Å²) in [7, 11) is 3.10. The van der Waals surface area contributed by atoms with Crippen molar-refractivity contribution in [2.45, 2.75) is 12.5 Å². The van der Waals surface area contributed by atoms with Crippen LogP contribution in [0.25, 0.3) is 5.69 Å². The van der Waals surface area contributed by atoms with Crippen molar-refractivity contribution in [1.82, 2.24) is 14.9 Å². The van der Waals surface area contributed by atoms with E-state index in [4.69, 9.17) is 9.47 Å². The lowest BCUT2D eigenvalue weighted by molar-refractivity contribution is 0.352. The van der Waals surface area contributed by atoms with Gasteiger partial charge in [-0.15, -0.1) is 0 Å². The number of ether oxygens (including phenoxy) is 2. The molecule has 0 radical (unpaired) electrons. The van der Waals surface area contributed by atoms with Gasteiger partial charge in [0.1, 0.15) is 0 Å². The molecule has 0 aliphatic carbocycles. The van der Waals surface area contributed by atoms with Crippen LogP contribution in [0.15, 0.2) is 50.5 Å². The van der Waals surface area contributed by atoms with E-state index in [1.165, 1.54) is 7.11 Å². The molecular formula is C21H20BrN3O5. The van der Waals surface area contributed by atoms with Gasteiger partial charge in [0, 0.05) is 11.0 Å². The smallest absolute Gasteiger partial charge is 0.335 e. The Morgan fingerprint density at radius 2 is 1.77 bits per heavy atom. The summed E-state index contributed by atoms with van der Waals surface area (Å²) in [5.74, 6) is 0.697. The number of nitrogens with zero attached hydrogens (tertiary/aromatic N) is 1. The molecule has 8 nitrogen and oxygen atoms in total. The number of aromatic hydroxyl groups is 1. The van der Waals surface area contributed by atoms with Crippen LogP contribution in [-0.2, 0) is 6.42 Å². The summed E-state index contributed by atoms with van der Waals surface area (Å²) in [6, 6.07) is 9.87. The van der Waals surface area contributed by atoms with E-state index in [2.05, 4.69) is 26.2 Å². The highest BCUT2D eigenvalue weighted by molar-refractivity contribution is 9.10. The summed E-state index contributed by atoms with van der Waals surface area (Å²) in [5.41, 5.74) is 0.877. The Hall–Kier alpha value is -3.04. The molecule has 156 valence electrons. The van der Waals surface area contributed by atoms with Gasteiger partial charge in [-0.1, -0.05) is 15.9 Å². The van der Waals surface area contributed by atoms with Crippen LogP contribution in [0.1, 0.15) is 22.7 Å². The standard InChI is InChI=1S/C21H20BrN3O5/c1-29-15-9-11-7-8-23-18(14(11)10-16(15)30-2)17-19(26)24-21(28)25(20(17)27)13-5-3-12(22)4-6-13/h3-6,9-10,18,23,27H,7-8H2,1-2H3,(H,24,26,28)/t18-/m0/s1. The monoisotopic (exact) mass is 473 g/mol. The Bertz CT molecular complexity index is 1220. The van der Waals surface area contributed by atoms with Gasteiger partial charge in [-0.3, -0.25) is 9.78 Å². The molecule has 1 aliphatic heterocycles. The number of rotatable bonds is 4. The maximum absolute atomic E-state index is 12.8. The van der Waals surface area contributed by atoms with Gasteiger partial charge in [0.2, 0.25) is 5.88 Å². The second-order valence-corrected chi connectivity index (χ2v) is 7.77. The molecule has 0 unspecified atom stereocenters. The van der Waals surface area contributed by atoms with Crippen molar-refractivity contribution < 1.29 is 14.6 Å². The SMILES string of the molecule is COc1cc2c(cc1OC)[C@@H](c1c(O)n(-c3ccc(Br)cc3)c(=O)[nH]c1=O)NCC2. The average Bonchev–Trinajstić information content (AvgIpc) is 2.73. The number of fused-ring (bicyclic) bond motifs is 1. The van der Waals surface area contributed by atoms with Crippen LogP contribution in [0.4, 0.5) is 0 Å². The first-order valence-electron chi connectivity index (χ1n) is 9.27. The van der Waals surface area contributed by atoms with Crippen LogP contribution in [-0.4, -0.2) is 35.4 Å². The lowest BCUT2D eigenvalue weighted by atomic mass is 9.90. The second kappa shape index (κ2) is 8.00. The van der Waals surface area contributed by atoms with Crippen LogP contribution < -0.4 is 26.0 Å². The van der Waals surface area contributed by atoms with Gasteiger partial charge in [0.25, 0.3) is 5.56 Å². The molecule has 0 saturated carbocycles. The van der Waals surface area contributed by atoms with E-state index in [-0.39, 0.29) is 5.56 Å². The van der Waals surface area contributed by atoms with Crippen molar-refractivity contribution in [3.63, 3.8) is 0 Å². The minimum atomic E-state index is -0.716. The molecule has 4 rings (SSSR count). The first kappa shape index (κ1) is 20.2. The van der Waals surface area contributed by atoms with Crippen LogP contribution in [0.3, 0.4) is 0 Å². The Balaban J connectivity index is 1.93. The summed E-state index contributed by atoms with van der Waals surface area (Å²) in [4.78, 5) is 27.6. The maximum atomic E-state index is 12.8. The molecule has 0 spiro atoms. The van der Waals surface area contributed by atoms with Crippen molar-refractivity contribution in [2.75, 3.05) is 20.8 Å². The van der Waals surface area contributed by atoms with Crippen LogP contribution in [0, 0.1) is 0 Å². The van der Waals surface area contributed by atoms with Crippen molar-refractivity contribution >= 4 is 15.9 Å². The highest BCUT2D eigenvalue weighted by Gasteiger charge is 2.30. The number of nitrogens with one attached hydrogen (secondary N) is 2. The first-order valence-corrected chi connectivity index (χ1v) is 10.1. The molecule has 2 aromatic carbocycles. The normalized spacial score (nSPS) is 15.5. The van der Waals surface area contributed by atoms with E-state index in [0.717, 1.165) is 26.6 Å². The Labute approximate surface area is 180 Å². The summed E-state index contributed by atoms with van der Waals surface area (Å²) >= 11 is 3.35. The first-order chi connectivity index (χ1) is 14.4. The van der Waals surface area contributed by atoms with Crippen LogP contribution >= 0.6 is 15.9 Å². The Morgan fingerprint density at radius 1 is 1.10 bits per heavy atom. The summed E-state index contributed by atoms with van der Waals surface area (Å²) in [6.45, 7) is 0.587. The largest absolute Gasteiger partial charge is 0.494 e. The number of aromatic amines is 1. The fourth-order valence-electron chi connectivity index (χ4n) is 3.77. The fraction of sp³-hybridized carbons (Fsp3) is 0.238. The van der Waals surface area contributed by atoms with Gasteiger partial charge in [-0.25, -0.2) is 9.36 Å². The number of hydrogen-bond donors (Lipinski definition) is 3. The highest BCUT2D eigenvalue weighted by Crippen LogP contribution is 2.38. The molecule has 9 heteroatoms. The lowest BCUT2D eigenvalue weighted by Gasteiger charge is -2.28. The van der Waals surface area contributed by atoms with E-state index in [1.54, 1.807) is 37.4 Å². The molecule has 1 aromatic heterocycles. The summed E-state index contributed by atoms with van der Waals surface area (Å²) in [6.07, 6.45) is 0.719. The van der Waals surface area contributed by atoms with Gasteiger partial charge in [-0.2, -0.15) is 0 Å². The molecule has 0 saturated heterocycles. The lowest BCUT2D eigenvalue weighted by Crippen LogP contribution is -2.38. The maximum Gasteiger partial charge on any atom is 0.335 e. The van der Waals surface area contributed by atoms with E-state index < -0.39 is 23.2 Å². The third kappa shape index (κ3) is 3.40. The number of H-pyrrole nitrogens is 1. The van der Waals surface area contributed by atoms with Crippen molar-refractivity contribution in [2.24, 2.45) is 0 Å². The zero-order chi connectivity index (χ0) is 21.4. The molecular weight excluding hydrogens is 454 g/mol. The second-order valence-electron chi connectivity index (χ2n) is 6.85. The molecule has 0 amide bonds. The topological polar surface area (TPSA) is 106 Å². The van der Waals surface area contributed by atoms with Crippen molar-refractivity contribution in [1.29, 1.82) is 0 Å². The van der Waals surface area contributed by atoms with Crippen LogP contribution in [0.2, 0.25) is 0 Å². The third-order valence-electron chi connectivity index (χ3n) is 5.19. The van der Waals surface area contributed by atoms with E-state index in [1.807, 2.05) is 6.07 Å². The van der Waals surface area contributed by atoms with Gasteiger partial charge < -0.3 is 19.9 Å². The number of hydrogen-bond acceptors (Lipinski definition) is 6. The Morgan fingerprint density at radius 3 is 2.43 bits per heavy atom. The van der Waals surface area contributed by atoms with E-state index >= 15 is 0 Å². The molecule has 30 heavy (non-hydrogen) atoms. The Kier molecular flexibility index (Phi) is 5.40. The molecule has 2 heterocycles. The number of aromatic nitrogens is 2. The van der Waals surface area contributed by atoms with Gasteiger partial charge in [-0.05, 0) is 53.9 Å². The molecule has 1 atom stereocenters. The number of benzene rings is 2. The zero-order valence-corrected chi connectivity index (χ0v) is 17.9. The fourth-order valence-corrected chi connectivity index (χ4v) is 4.03. The summed E-state index contributed by atoms with van der Waals surface area (Å²) in [5, 5.41) is 14.3. The van der Waals surface area contributed by atoms with Gasteiger partial charge in [0.15, 0.2) is 11.5 Å². The minimum absolute atomic E-state index is 0.0608.